The van der Waals surface area contributed by atoms with E-state index in [4.69, 9.17) is 0 Å². The summed E-state index contributed by atoms with van der Waals surface area (Å²) in [5, 5.41) is 0. The first-order valence-electron chi connectivity index (χ1n) is 7.47. The molecule has 0 bridgehead atoms. The van der Waals surface area contributed by atoms with Gasteiger partial charge in [0.1, 0.15) is 5.83 Å². The fourth-order valence-corrected chi connectivity index (χ4v) is 2.52. The lowest BCUT2D eigenvalue weighted by Crippen LogP contribution is -2.11. The third kappa shape index (κ3) is 4.75. The van der Waals surface area contributed by atoms with Gasteiger partial charge in [0.05, 0.1) is 17.5 Å². The van der Waals surface area contributed by atoms with E-state index in [2.05, 4.69) is 0 Å². The van der Waals surface area contributed by atoms with Gasteiger partial charge in [0.2, 0.25) is 0 Å². The summed E-state index contributed by atoms with van der Waals surface area (Å²) in [5.41, 5.74) is -2.79. The Morgan fingerprint density at radius 2 is 1.11 bits per heavy atom. The van der Waals surface area contributed by atoms with E-state index >= 15 is 0 Å². The van der Waals surface area contributed by atoms with Gasteiger partial charge in [-0.25, -0.2) is 8.78 Å². The minimum Gasteiger partial charge on any atom is -0.215 e. The minimum absolute atomic E-state index is 0.373. The van der Waals surface area contributed by atoms with Crippen molar-refractivity contribution in [1.29, 1.82) is 0 Å². The molecule has 0 spiro atoms. The van der Waals surface area contributed by atoms with Crippen molar-refractivity contribution in [3.05, 3.63) is 71.8 Å². The Morgan fingerprint density at radius 3 is 1.41 bits per heavy atom. The van der Waals surface area contributed by atoms with Gasteiger partial charge in [-0.1, -0.05) is 48.5 Å². The van der Waals surface area contributed by atoms with Gasteiger partial charge in [-0.2, -0.15) is 26.3 Å². The Bertz CT molecular complexity index is 847. The maximum absolute atomic E-state index is 13.3. The molecule has 0 aliphatic heterocycles. The number of rotatable bonds is 3. The zero-order chi connectivity index (χ0) is 20.4. The molecule has 2 aromatic rings. The maximum Gasteiger partial charge on any atom is 0.419 e. The fraction of sp³-hybridized carbons (Fsp3) is 0.158. The van der Waals surface area contributed by atoms with E-state index in [9.17, 15) is 35.1 Å². The van der Waals surface area contributed by atoms with Gasteiger partial charge in [-0.3, -0.25) is 0 Å². The number of benzene rings is 2. The van der Waals surface area contributed by atoms with Crippen LogP contribution >= 0.6 is 0 Å². The van der Waals surface area contributed by atoms with Crippen LogP contribution in [0.5, 0.6) is 0 Å². The second-order valence-corrected chi connectivity index (χ2v) is 5.58. The van der Waals surface area contributed by atoms with Crippen LogP contribution in [0.25, 0.3) is 22.3 Å². The van der Waals surface area contributed by atoms with E-state index in [0.717, 1.165) is 24.3 Å². The maximum atomic E-state index is 13.3. The highest BCUT2D eigenvalue weighted by Crippen LogP contribution is 2.38. The second-order valence-electron chi connectivity index (χ2n) is 5.58. The van der Waals surface area contributed by atoms with Crippen LogP contribution in [0.3, 0.4) is 0 Å². The smallest absolute Gasteiger partial charge is 0.215 e. The van der Waals surface area contributed by atoms with Gasteiger partial charge in [0.15, 0.2) is 0 Å². The molecular formula is C19H12F8. The van der Waals surface area contributed by atoms with Gasteiger partial charge in [0, 0.05) is 0 Å². The third-order valence-electron chi connectivity index (χ3n) is 3.75. The molecule has 27 heavy (non-hydrogen) atoms. The molecule has 0 radical (unpaired) electrons. The summed E-state index contributed by atoms with van der Waals surface area (Å²) in [5.74, 6) is -1.38. The number of hydrogen-bond donors (Lipinski definition) is 0. The van der Waals surface area contributed by atoms with E-state index in [-0.39, 0.29) is 11.1 Å². The largest absolute Gasteiger partial charge is 0.419 e. The highest BCUT2D eigenvalue weighted by Gasteiger charge is 2.37. The predicted molar refractivity (Wildman–Crippen MR) is 86.8 cm³/mol. The lowest BCUT2D eigenvalue weighted by molar-refractivity contribution is -0.0707. The first kappa shape index (κ1) is 20.7. The van der Waals surface area contributed by atoms with E-state index in [1.807, 2.05) is 0 Å². The number of halogens is 8. The van der Waals surface area contributed by atoms with Crippen molar-refractivity contribution in [3.63, 3.8) is 0 Å². The molecule has 8 heteroatoms. The van der Waals surface area contributed by atoms with Crippen LogP contribution in [0.2, 0.25) is 0 Å². The molecule has 0 unspecified atom stereocenters. The van der Waals surface area contributed by atoms with Crippen molar-refractivity contribution in [2.45, 2.75) is 19.3 Å². The Kier molecular flexibility index (Phi) is 5.77. The molecule has 0 aromatic heterocycles. The van der Waals surface area contributed by atoms with Gasteiger partial charge >= 0.3 is 12.4 Å². The number of hydrogen-bond acceptors (Lipinski definition) is 0. The fourth-order valence-electron chi connectivity index (χ4n) is 2.52. The van der Waals surface area contributed by atoms with Gasteiger partial charge < -0.3 is 0 Å². The van der Waals surface area contributed by atoms with Gasteiger partial charge in [0.25, 0.3) is 0 Å². The van der Waals surface area contributed by atoms with Crippen molar-refractivity contribution < 1.29 is 35.1 Å². The average molecular weight is 392 g/mol. The molecule has 0 saturated heterocycles. The molecule has 0 aliphatic carbocycles. The Balaban J connectivity index is 2.35. The molecule has 0 heterocycles. The van der Waals surface area contributed by atoms with E-state index < -0.39 is 35.7 Å². The molecule has 0 atom stereocenters. The molecule has 0 saturated carbocycles. The lowest BCUT2D eigenvalue weighted by Gasteiger charge is -2.13. The van der Waals surface area contributed by atoms with Crippen LogP contribution in [0.15, 0.2) is 60.7 Å². The van der Waals surface area contributed by atoms with E-state index in [0.29, 0.717) is 18.1 Å². The SMILES string of the molecule is C/C(F)=C(\c1ccc(-c2ccc(/C(=C\F)C(F)(F)F)cc2)cc1)C(F)(F)F. The Labute approximate surface area is 149 Å². The third-order valence-corrected chi connectivity index (χ3v) is 3.75. The minimum atomic E-state index is -4.87. The van der Waals surface area contributed by atoms with Crippen LogP contribution in [0, 0.1) is 0 Å². The van der Waals surface area contributed by atoms with Gasteiger partial charge in [-0.15, -0.1) is 0 Å². The Hall–Kier alpha value is -2.64. The molecule has 0 fully saturated rings. The van der Waals surface area contributed by atoms with Crippen LogP contribution in [0.4, 0.5) is 35.1 Å². The summed E-state index contributed by atoms with van der Waals surface area (Å²) in [6.07, 6.45) is -10.3. The van der Waals surface area contributed by atoms with Crippen molar-refractivity contribution in [2.24, 2.45) is 0 Å². The van der Waals surface area contributed by atoms with Crippen LogP contribution in [-0.2, 0) is 0 Å². The number of alkyl halides is 6. The first-order chi connectivity index (χ1) is 12.4. The summed E-state index contributed by atoms with van der Waals surface area (Å²) >= 11 is 0. The predicted octanol–water partition coefficient (Wildman–Crippen LogP) is 7.49. The number of allylic oxidation sites excluding steroid dienone is 3. The summed E-state index contributed by atoms with van der Waals surface area (Å²) in [7, 11) is 0. The summed E-state index contributed by atoms with van der Waals surface area (Å²) in [4.78, 5) is 0. The van der Waals surface area contributed by atoms with Gasteiger partial charge in [-0.05, 0) is 29.2 Å². The van der Waals surface area contributed by atoms with Crippen molar-refractivity contribution in [3.8, 4) is 11.1 Å². The van der Waals surface area contributed by atoms with Crippen LogP contribution in [0.1, 0.15) is 18.1 Å². The summed E-state index contributed by atoms with van der Waals surface area (Å²) in [6, 6.07) is 9.36. The van der Waals surface area contributed by atoms with Crippen molar-refractivity contribution in [1.82, 2.24) is 0 Å². The van der Waals surface area contributed by atoms with Crippen molar-refractivity contribution in [2.75, 3.05) is 0 Å². The quantitative estimate of drug-likeness (QED) is 0.475. The second kappa shape index (κ2) is 7.54. The summed E-state index contributed by atoms with van der Waals surface area (Å²) in [6.45, 7) is 0.700. The molecule has 144 valence electrons. The monoisotopic (exact) mass is 392 g/mol. The van der Waals surface area contributed by atoms with Crippen molar-refractivity contribution >= 4 is 11.1 Å². The highest BCUT2D eigenvalue weighted by molar-refractivity contribution is 5.75. The zero-order valence-corrected chi connectivity index (χ0v) is 13.7. The molecule has 2 rings (SSSR count). The lowest BCUT2D eigenvalue weighted by atomic mass is 9.98. The van der Waals surface area contributed by atoms with Crippen LogP contribution < -0.4 is 0 Å². The normalized spacial score (nSPS) is 14.2. The zero-order valence-electron chi connectivity index (χ0n) is 13.7. The average Bonchev–Trinajstić information content (AvgIpc) is 2.54. The molecule has 0 nitrogen and oxygen atoms in total. The summed E-state index contributed by atoms with van der Waals surface area (Å²) < 4.78 is 103. The Morgan fingerprint density at radius 1 is 0.704 bits per heavy atom. The molecule has 0 N–H and O–H groups in total. The van der Waals surface area contributed by atoms with Crippen LogP contribution in [-0.4, -0.2) is 12.4 Å². The van der Waals surface area contributed by atoms with E-state index in [1.54, 1.807) is 0 Å². The molecule has 0 amide bonds. The molecule has 0 aliphatic rings. The standard InChI is InChI=1S/C19H12F8/c1-11(21)17(19(25,26)27)15-8-4-13(5-9-15)12-2-6-14(7-3-12)16(10-20)18(22,23)24/h2-10H,1H3/b16-10+,17-11-. The van der Waals surface area contributed by atoms with E-state index in [1.165, 1.54) is 24.3 Å². The molecule has 2 aromatic carbocycles. The topological polar surface area (TPSA) is 0 Å². The highest BCUT2D eigenvalue weighted by atomic mass is 19.4. The molecular weight excluding hydrogens is 380 g/mol. The first-order valence-corrected chi connectivity index (χ1v) is 7.47.